The molecule has 0 amide bonds. The molecule has 7 heteroatoms. The number of pyridine rings is 1. The molecule has 0 saturated heterocycles. The van der Waals surface area contributed by atoms with Gasteiger partial charge in [0.2, 0.25) is 0 Å². The van der Waals surface area contributed by atoms with Crippen molar-refractivity contribution in [3.63, 3.8) is 0 Å². The topological polar surface area (TPSA) is 85.6 Å². The molecule has 1 N–H and O–H groups in total. The Morgan fingerprint density at radius 1 is 1.26 bits per heavy atom. The second-order valence-corrected chi connectivity index (χ2v) is 7.61. The summed E-state index contributed by atoms with van der Waals surface area (Å²) < 4.78 is 29.9. The number of rotatable bonds is 3. The van der Waals surface area contributed by atoms with Gasteiger partial charge < -0.3 is 14.4 Å². The SMILES string of the molecule is CS(=O)(=O)c1ccc(Cn2c3c(c(O)cc2=O)CCOC3)cc1. The fraction of sp³-hybridized carbons (Fsp3) is 0.312. The van der Waals surface area contributed by atoms with Gasteiger partial charge in [0, 0.05) is 24.3 Å². The molecule has 0 radical (unpaired) electrons. The molecule has 2 aromatic rings. The Morgan fingerprint density at radius 2 is 1.96 bits per heavy atom. The van der Waals surface area contributed by atoms with Gasteiger partial charge in [-0.25, -0.2) is 8.42 Å². The van der Waals surface area contributed by atoms with Gasteiger partial charge in [-0.2, -0.15) is 0 Å². The van der Waals surface area contributed by atoms with Crippen LogP contribution in [0, 0.1) is 0 Å². The first kappa shape index (κ1) is 15.8. The van der Waals surface area contributed by atoms with Gasteiger partial charge in [-0.1, -0.05) is 12.1 Å². The van der Waals surface area contributed by atoms with E-state index in [0.717, 1.165) is 17.4 Å². The normalized spacial score (nSPS) is 14.5. The van der Waals surface area contributed by atoms with Crippen LogP contribution in [0.25, 0.3) is 0 Å². The Kier molecular flexibility index (Phi) is 3.99. The molecule has 0 bridgehead atoms. The summed E-state index contributed by atoms with van der Waals surface area (Å²) in [5.74, 6) is 0.0111. The van der Waals surface area contributed by atoms with Crippen molar-refractivity contribution in [2.45, 2.75) is 24.5 Å². The van der Waals surface area contributed by atoms with Gasteiger partial charge in [-0.3, -0.25) is 4.79 Å². The van der Waals surface area contributed by atoms with E-state index in [1.165, 1.54) is 18.2 Å². The first-order valence-electron chi connectivity index (χ1n) is 7.17. The van der Waals surface area contributed by atoms with Crippen molar-refractivity contribution in [3.05, 3.63) is 57.5 Å². The highest BCUT2D eigenvalue weighted by molar-refractivity contribution is 7.90. The minimum atomic E-state index is -3.24. The molecule has 0 spiro atoms. The van der Waals surface area contributed by atoms with Gasteiger partial charge in [0.05, 0.1) is 30.3 Å². The van der Waals surface area contributed by atoms with Crippen LogP contribution in [0.1, 0.15) is 16.8 Å². The monoisotopic (exact) mass is 335 g/mol. The Balaban J connectivity index is 1.99. The highest BCUT2D eigenvalue weighted by Crippen LogP contribution is 2.24. The van der Waals surface area contributed by atoms with Crippen LogP contribution in [0.2, 0.25) is 0 Å². The van der Waals surface area contributed by atoms with Gasteiger partial charge in [-0.05, 0) is 17.7 Å². The molecule has 1 aromatic carbocycles. The third kappa shape index (κ3) is 3.16. The maximum Gasteiger partial charge on any atom is 0.254 e. The van der Waals surface area contributed by atoms with E-state index >= 15 is 0 Å². The number of nitrogens with zero attached hydrogens (tertiary/aromatic N) is 1. The Morgan fingerprint density at radius 3 is 2.61 bits per heavy atom. The predicted molar refractivity (Wildman–Crippen MR) is 84.4 cm³/mol. The summed E-state index contributed by atoms with van der Waals surface area (Å²) in [6, 6.07) is 7.64. The molecule has 23 heavy (non-hydrogen) atoms. The van der Waals surface area contributed by atoms with Crippen LogP contribution in [-0.2, 0) is 34.1 Å². The van der Waals surface area contributed by atoms with E-state index in [-0.39, 0.29) is 22.8 Å². The molecular weight excluding hydrogens is 318 g/mol. The lowest BCUT2D eigenvalue weighted by atomic mass is 10.1. The van der Waals surface area contributed by atoms with Gasteiger partial charge >= 0.3 is 0 Å². The maximum atomic E-state index is 12.2. The number of aromatic nitrogens is 1. The van der Waals surface area contributed by atoms with Crippen LogP contribution in [0.3, 0.4) is 0 Å². The first-order valence-corrected chi connectivity index (χ1v) is 9.07. The highest BCUT2D eigenvalue weighted by atomic mass is 32.2. The van der Waals surface area contributed by atoms with Crippen molar-refractivity contribution in [2.75, 3.05) is 12.9 Å². The number of aromatic hydroxyl groups is 1. The minimum Gasteiger partial charge on any atom is -0.507 e. The standard InChI is InChI=1S/C16H17NO5S/c1-23(20,21)12-4-2-11(3-5-12)9-17-14-10-22-7-6-13(14)15(18)8-16(17)19/h2-5,8,18H,6-7,9-10H2,1H3. The van der Waals surface area contributed by atoms with Crippen LogP contribution >= 0.6 is 0 Å². The molecule has 1 aliphatic rings. The maximum absolute atomic E-state index is 12.2. The molecule has 6 nitrogen and oxygen atoms in total. The molecule has 0 saturated carbocycles. The quantitative estimate of drug-likeness (QED) is 0.907. The second kappa shape index (κ2) is 5.82. The predicted octanol–water partition coefficient (Wildman–Crippen LogP) is 1.08. The lowest BCUT2D eigenvalue weighted by molar-refractivity contribution is 0.102. The average molecular weight is 335 g/mol. The van der Waals surface area contributed by atoms with E-state index in [1.54, 1.807) is 16.7 Å². The molecule has 0 fully saturated rings. The summed E-state index contributed by atoms with van der Waals surface area (Å²) in [6.45, 7) is 1.09. The van der Waals surface area contributed by atoms with E-state index in [0.29, 0.717) is 25.3 Å². The van der Waals surface area contributed by atoms with Crippen molar-refractivity contribution >= 4 is 9.84 Å². The molecular formula is C16H17NO5S. The fourth-order valence-corrected chi connectivity index (χ4v) is 3.33. The van der Waals surface area contributed by atoms with Gasteiger partial charge in [0.15, 0.2) is 9.84 Å². The van der Waals surface area contributed by atoms with E-state index in [2.05, 4.69) is 0 Å². The Bertz CT molecular complexity index is 897. The fourth-order valence-electron chi connectivity index (χ4n) is 2.70. The third-order valence-electron chi connectivity index (χ3n) is 3.94. The summed E-state index contributed by atoms with van der Waals surface area (Å²) in [4.78, 5) is 12.4. The molecule has 2 heterocycles. The van der Waals surface area contributed by atoms with E-state index in [4.69, 9.17) is 4.74 Å². The molecule has 122 valence electrons. The molecule has 1 aromatic heterocycles. The molecule has 1 aliphatic heterocycles. The number of sulfone groups is 1. The van der Waals surface area contributed by atoms with Crippen molar-refractivity contribution in [3.8, 4) is 5.75 Å². The van der Waals surface area contributed by atoms with E-state index < -0.39 is 9.84 Å². The number of hydrogen-bond donors (Lipinski definition) is 1. The number of hydrogen-bond acceptors (Lipinski definition) is 5. The van der Waals surface area contributed by atoms with Crippen LogP contribution in [0.4, 0.5) is 0 Å². The summed E-state index contributed by atoms with van der Waals surface area (Å²) in [6.07, 6.45) is 1.72. The zero-order valence-electron chi connectivity index (χ0n) is 12.7. The molecule has 0 atom stereocenters. The highest BCUT2D eigenvalue weighted by Gasteiger charge is 2.19. The first-order chi connectivity index (χ1) is 10.9. The van der Waals surface area contributed by atoms with Crippen molar-refractivity contribution < 1.29 is 18.3 Å². The number of ether oxygens (including phenoxy) is 1. The summed E-state index contributed by atoms with van der Waals surface area (Å²) in [5.41, 5.74) is 1.91. The van der Waals surface area contributed by atoms with Crippen molar-refractivity contribution in [1.82, 2.24) is 4.57 Å². The number of fused-ring (bicyclic) bond motifs is 1. The second-order valence-electron chi connectivity index (χ2n) is 5.60. The van der Waals surface area contributed by atoms with Crippen LogP contribution < -0.4 is 5.56 Å². The van der Waals surface area contributed by atoms with Gasteiger partial charge in [-0.15, -0.1) is 0 Å². The zero-order valence-corrected chi connectivity index (χ0v) is 13.5. The van der Waals surface area contributed by atoms with Crippen LogP contribution in [0.5, 0.6) is 5.75 Å². The summed E-state index contributed by atoms with van der Waals surface area (Å²) in [7, 11) is -3.24. The molecule has 3 rings (SSSR count). The van der Waals surface area contributed by atoms with Gasteiger partial charge in [0.1, 0.15) is 5.75 Å². The zero-order chi connectivity index (χ0) is 16.6. The van der Waals surface area contributed by atoms with Crippen LogP contribution in [0.15, 0.2) is 40.0 Å². The van der Waals surface area contributed by atoms with Gasteiger partial charge in [0.25, 0.3) is 5.56 Å². The van der Waals surface area contributed by atoms with E-state index in [1.807, 2.05) is 0 Å². The molecule has 0 aliphatic carbocycles. The lowest BCUT2D eigenvalue weighted by Crippen LogP contribution is -2.28. The van der Waals surface area contributed by atoms with Crippen molar-refractivity contribution in [1.29, 1.82) is 0 Å². The molecule has 0 unspecified atom stereocenters. The largest absolute Gasteiger partial charge is 0.507 e. The Labute approximate surface area is 133 Å². The minimum absolute atomic E-state index is 0.0111. The summed E-state index contributed by atoms with van der Waals surface area (Å²) >= 11 is 0. The smallest absolute Gasteiger partial charge is 0.254 e. The van der Waals surface area contributed by atoms with Crippen molar-refractivity contribution in [2.24, 2.45) is 0 Å². The average Bonchev–Trinajstić information content (AvgIpc) is 2.51. The third-order valence-corrected chi connectivity index (χ3v) is 5.07. The Hall–Kier alpha value is -2.12. The lowest BCUT2D eigenvalue weighted by Gasteiger charge is -2.22. The van der Waals surface area contributed by atoms with E-state index in [9.17, 15) is 18.3 Å². The number of benzene rings is 1. The summed E-state index contributed by atoms with van der Waals surface area (Å²) in [5, 5.41) is 9.92. The van der Waals surface area contributed by atoms with Crippen LogP contribution in [-0.4, -0.2) is 31.0 Å².